The summed E-state index contributed by atoms with van der Waals surface area (Å²) in [6.45, 7) is 5.44. The van der Waals surface area contributed by atoms with Crippen LogP contribution >= 0.6 is 0 Å². The summed E-state index contributed by atoms with van der Waals surface area (Å²) in [7, 11) is 0. The molecule has 2 rings (SSSR count). The third-order valence-corrected chi connectivity index (χ3v) is 3.19. The quantitative estimate of drug-likeness (QED) is 0.867. The van der Waals surface area contributed by atoms with E-state index in [4.69, 9.17) is 0 Å². The van der Waals surface area contributed by atoms with Gasteiger partial charge in [0, 0.05) is 23.0 Å². The highest BCUT2D eigenvalue weighted by Gasteiger charge is 2.30. The topological polar surface area (TPSA) is 71.1 Å². The molecule has 0 bridgehead atoms. The van der Waals surface area contributed by atoms with E-state index in [9.17, 15) is 22.8 Å². The molecule has 2 aromatic rings. The zero-order chi connectivity index (χ0) is 19.5. The minimum Gasteiger partial charge on any atom is -0.347 e. The van der Waals surface area contributed by atoms with Crippen LogP contribution in [0, 0.1) is 0 Å². The Morgan fingerprint density at radius 2 is 1.69 bits per heavy atom. The fourth-order valence-corrected chi connectivity index (χ4v) is 2.08. The molecule has 5 nitrogen and oxygen atoms in total. The summed E-state index contributed by atoms with van der Waals surface area (Å²) in [4.78, 5) is 28.3. The number of hydrogen-bond acceptors (Lipinski definition) is 3. The van der Waals surface area contributed by atoms with Crippen molar-refractivity contribution in [3.63, 3.8) is 0 Å². The molecule has 1 heterocycles. The maximum Gasteiger partial charge on any atom is 0.416 e. The van der Waals surface area contributed by atoms with Crippen LogP contribution in [0.1, 0.15) is 47.2 Å². The number of carbonyl (C=O) groups excluding carboxylic acids is 2. The summed E-state index contributed by atoms with van der Waals surface area (Å²) in [5.74, 6) is -1.09. The van der Waals surface area contributed by atoms with Crippen molar-refractivity contribution in [2.75, 3.05) is 5.32 Å². The molecule has 2 N–H and O–H groups in total. The maximum atomic E-state index is 12.7. The monoisotopic (exact) mass is 365 g/mol. The third-order valence-electron chi connectivity index (χ3n) is 3.19. The number of halogens is 3. The van der Waals surface area contributed by atoms with Gasteiger partial charge in [-0.3, -0.25) is 14.6 Å². The van der Waals surface area contributed by atoms with E-state index in [0.717, 1.165) is 12.1 Å². The lowest BCUT2D eigenvalue weighted by atomic mass is 10.1. The number of alkyl halides is 3. The van der Waals surface area contributed by atoms with Crippen molar-refractivity contribution in [1.82, 2.24) is 10.3 Å². The highest BCUT2D eigenvalue weighted by molar-refractivity contribution is 6.04. The van der Waals surface area contributed by atoms with Crippen molar-refractivity contribution in [2.45, 2.75) is 32.5 Å². The van der Waals surface area contributed by atoms with E-state index >= 15 is 0 Å². The van der Waals surface area contributed by atoms with Crippen molar-refractivity contribution in [3.05, 3.63) is 59.4 Å². The SMILES string of the molecule is CC(C)(C)NC(=O)c1ccnc(C(=O)Nc2cccc(C(F)(F)F)c2)c1. The Kier molecular flexibility index (Phi) is 5.34. The average Bonchev–Trinajstić information content (AvgIpc) is 2.53. The van der Waals surface area contributed by atoms with Gasteiger partial charge >= 0.3 is 6.18 Å². The Hall–Kier alpha value is -2.90. The molecule has 1 aromatic heterocycles. The van der Waals surface area contributed by atoms with Gasteiger partial charge in [0.15, 0.2) is 0 Å². The fourth-order valence-electron chi connectivity index (χ4n) is 2.08. The Bertz CT molecular complexity index is 827. The summed E-state index contributed by atoms with van der Waals surface area (Å²) in [6.07, 6.45) is -3.22. The van der Waals surface area contributed by atoms with E-state index in [1.165, 1.54) is 30.5 Å². The van der Waals surface area contributed by atoms with Crippen molar-refractivity contribution >= 4 is 17.5 Å². The number of carbonyl (C=O) groups is 2. The Morgan fingerprint density at radius 3 is 2.31 bits per heavy atom. The Balaban J connectivity index is 2.18. The van der Waals surface area contributed by atoms with Gasteiger partial charge in [0.2, 0.25) is 0 Å². The van der Waals surface area contributed by atoms with Crippen LogP contribution in [0.15, 0.2) is 42.6 Å². The molecule has 0 saturated heterocycles. The first-order valence-corrected chi connectivity index (χ1v) is 7.73. The Morgan fingerprint density at radius 1 is 1.00 bits per heavy atom. The van der Waals surface area contributed by atoms with Crippen LogP contribution in [0.2, 0.25) is 0 Å². The van der Waals surface area contributed by atoms with Crippen LogP contribution in [-0.2, 0) is 6.18 Å². The van der Waals surface area contributed by atoms with E-state index < -0.39 is 23.2 Å². The number of hydrogen-bond donors (Lipinski definition) is 2. The smallest absolute Gasteiger partial charge is 0.347 e. The van der Waals surface area contributed by atoms with Gasteiger partial charge in [-0.1, -0.05) is 6.07 Å². The first-order valence-electron chi connectivity index (χ1n) is 7.73. The van der Waals surface area contributed by atoms with Gasteiger partial charge in [-0.25, -0.2) is 0 Å². The van der Waals surface area contributed by atoms with Crippen molar-refractivity contribution in [1.29, 1.82) is 0 Å². The van der Waals surface area contributed by atoms with E-state index in [-0.39, 0.29) is 22.9 Å². The van der Waals surface area contributed by atoms with Gasteiger partial charge in [0.05, 0.1) is 5.56 Å². The molecule has 0 saturated carbocycles. The van der Waals surface area contributed by atoms with Crippen molar-refractivity contribution < 1.29 is 22.8 Å². The molecular weight excluding hydrogens is 347 g/mol. The molecule has 2 amide bonds. The molecule has 26 heavy (non-hydrogen) atoms. The molecule has 8 heteroatoms. The van der Waals surface area contributed by atoms with Crippen LogP contribution in [-0.4, -0.2) is 22.3 Å². The van der Waals surface area contributed by atoms with Gasteiger partial charge < -0.3 is 10.6 Å². The lowest BCUT2D eigenvalue weighted by Crippen LogP contribution is -2.40. The second-order valence-corrected chi connectivity index (χ2v) is 6.67. The van der Waals surface area contributed by atoms with Crippen LogP contribution in [0.3, 0.4) is 0 Å². The highest BCUT2D eigenvalue weighted by atomic mass is 19.4. The predicted molar refractivity (Wildman–Crippen MR) is 90.9 cm³/mol. The van der Waals surface area contributed by atoms with Crippen LogP contribution in [0.4, 0.5) is 18.9 Å². The summed E-state index contributed by atoms with van der Waals surface area (Å²) in [5, 5.41) is 5.10. The largest absolute Gasteiger partial charge is 0.416 e. The van der Waals surface area contributed by atoms with E-state index in [1.54, 1.807) is 0 Å². The molecule has 1 aromatic carbocycles. The number of rotatable bonds is 3. The zero-order valence-corrected chi connectivity index (χ0v) is 14.4. The standard InChI is InChI=1S/C18H18F3N3O2/c1-17(2,3)24-15(25)11-7-8-22-14(9-11)16(26)23-13-6-4-5-12(10-13)18(19,20)21/h4-10H,1-3H3,(H,23,26)(H,24,25). The number of benzene rings is 1. The maximum absolute atomic E-state index is 12.7. The van der Waals surface area contributed by atoms with Gasteiger partial charge in [0.25, 0.3) is 11.8 Å². The molecular formula is C18H18F3N3O2. The molecule has 0 radical (unpaired) electrons. The second-order valence-electron chi connectivity index (χ2n) is 6.67. The normalized spacial score (nSPS) is 11.8. The molecule has 0 fully saturated rings. The predicted octanol–water partition coefficient (Wildman–Crippen LogP) is 3.88. The molecule has 0 aliphatic carbocycles. The summed E-state index contributed by atoms with van der Waals surface area (Å²) in [6, 6.07) is 6.99. The molecule has 0 unspecified atom stereocenters. The number of pyridine rings is 1. The Labute approximate surface area is 148 Å². The molecule has 138 valence electrons. The molecule has 0 atom stereocenters. The molecule has 0 aliphatic heterocycles. The van der Waals surface area contributed by atoms with Gasteiger partial charge in [-0.05, 0) is 51.1 Å². The van der Waals surface area contributed by atoms with Crippen molar-refractivity contribution in [3.8, 4) is 0 Å². The van der Waals surface area contributed by atoms with Gasteiger partial charge in [-0.15, -0.1) is 0 Å². The first kappa shape index (κ1) is 19.4. The third kappa shape index (κ3) is 5.30. The van der Waals surface area contributed by atoms with E-state index in [2.05, 4.69) is 15.6 Å². The number of aromatic nitrogens is 1. The number of amides is 2. The lowest BCUT2D eigenvalue weighted by Gasteiger charge is -2.20. The minimum atomic E-state index is -4.51. The second kappa shape index (κ2) is 7.15. The lowest BCUT2D eigenvalue weighted by molar-refractivity contribution is -0.137. The van der Waals surface area contributed by atoms with E-state index in [1.807, 2.05) is 20.8 Å². The molecule has 0 aliphatic rings. The number of anilines is 1. The minimum absolute atomic E-state index is 0.0174. The van der Waals surface area contributed by atoms with Crippen molar-refractivity contribution in [2.24, 2.45) is 0 Å². The zero-order valence-electron chi connectivity index (χ0n) is 14.4. The van der Waals surface area contributed by atoms with Crippen LogP contribution < -0.4 is 10.6 Å². The van der Waals surface area contributed by atoms with Crippen LogP contribution in [0.25, 0.3) is 0 Å². The van der Waals surface area contributed by atoms with Crippen LogP contribution in [0.5, 0.6) is 0 Å². The first-order chi connectivity index (χ1) is 12.0. The van der Waals surface area contributed by atoms with Gasteiger partial charge in [0.1, 0.15) is 5.69 Å². The van der Waals surface area contributed by atoms with E-state index in [0.29, 0.717) is 0 Å². The number of nitrogens with one attached hydrogen (secondary N) is 2. The average molecular weight is 365 g/mol. The summed E-state index contributed by atoms with van der Waals surface area (Å²) in [5.41, 5.74) is -1.20. The highest BCUT2D eigenvalue weighted by Crippen LogP contribution is 2.30. The summed E-state index contributed by atoms with van der Waals surface area (Å²) >= 11 is 0. The summed E-state index contributed by atoms with van der Waals surface area (Å²) < 4.78 is 38.2. The number of nitrogens with zero attached hydrogens (tertiary/aromatic N) is 1. The fraction of sp³-hybridized carbons (Fsp3) is 0.278. The molecule has 0 spiro atoms. The van der Waals surface area contributed by atoms with Gasteiger partial charge in [-0.2, -0.15) is 13.2 Å².